The van der Waals surface area contributed by atoms with Crippen molar-refractivity contribution in [2.24, 2.45) is 0 Å². The quantitative estimate of drug-likeness (QED) is 0.713. The largest absolute Gasteiger partial charge is 0.412 e. The third-order valence-corrected chi connectivity index (χ3v) is 5.32. The Morgan fingerprint density at radius 3 is 2.81 bits per heavy atom. The van der Waals surface area contributed by atoms with Crippen LogP contribution >= 0.6 is 12.2 Å². The van der Waals surface area contributed by atoms with Gasteiger partial charge in [-0.1, -0.05) is 6.07 Å². The zero-order valence-corrected chi connectivity index (χ0v) is 15.5. The van der Waals surface area contributed by atoms with E-state index in [4.69, 9.17) is 16.6 Å². The van der Waals surface area contributed by atoms with Crippen LogP contribution in [0.4, 0.5) is 5.82 Å². The average molecular weight is 376 g/mol. The number of carbonyl (C=O) groups excluding carboxylic acids is 1. The SMILES string of the molecule is O=C1CCCN1Cc1nn(C[NH+]2CCN(c3cccc[nH+]3)CC2)c(=S)o1. The number of quaternary nitrogens is 1. The fraction of sp³-hybridized carbons (Fsp3) is 0.529. The van der Waals surface area contributed by atoms with Crippen molar-refractivity contribution in [3.05, 3.63) is 35.1 Å². The van der Waals surface area contributed by atoms with E-state index in [1.54, 1.807) is 9.58 Å². The highest BCUT2D eigenvalue weighted by Crippen LogP contribution is 2.13. The Balaban J connectivity index is 1.33. The van der Waals surface area contributed by atoms with Gasteiger partial charge >= 0.3 is 0 Å². The summed E-state index contributed by atoms with van der Waals surface area (Å²) in [5.74, 6) is 1.85. The Labute approximate surface area is 157 Å². The summed E-state index contributed by atoms with van der Waals surface area (Å²) < 4.78 is 7.36. The van der Waals surface area contributed by atoms with Gasteiger partial charge in [0.15, 0.2) is 6.67 Å². The van der Waals surface area contributed by atoms with E-state index in [1.165, 1.54) is 4.90 Å². The van der Waals surface area contributed by atoms with Crippen LogP contribution in [0.25, 0.3) is 0 Å². The van der Waals surface area contributed by atoms with Gasteiger partial charge in [-0.25, -0.2) is 4.98 Å². The highest BCUT2D eigenvalue weighted by Gasteiger charge is 2.27. The molecule has 0 spiro atoms. The summed E-state index contributed by atoms with van der Waals surface area (Å²) in [4.78, 5) is 21.0. The third kappa shape index (κ3) is 3.78. The number of nitrogens with one attached hydrogen (secondary N) is 2. The lowest BCUT2D eigenvalue weighted by atomic mass is 10.3. The molecule has 0 saturated carbocycles. The van der Waals surface area contributed by atoms with E-state index in [2.05, 4.69) is 21.0 Å². The second-order valence-corrected chi connectivity index (χ2v) is 7.17. The maximum atomic E-state index is 11.7. The minimum absolute atomic E-state index is 0.167. The van der Waals surface area contributed by atoms with Crippen LogP contribution in [0, 0.1) is 4.84 Å². The standard InChI is InChI=1S/C17H22N6O2S/c24-16-5-3-7-22(16)12-15-19-23(17(26)25-15)13-20-8-10-21(11-9-20)14-4-1-2-6-18-14/h1-2,4,6H,3,5,7-13H2/p+2. The van der Waals surface area contributed by atoms with Crippen molar-refractivity contribution in [1.29, 1.82) is 0 Å². The number of amides is 1. The van der Waals surface area contributed by atoms with Crippen LogP contribution in [0.1, 0.15) is 18.7 Å². The van der Waals surface area contributed by atoms with Gasteiger partial charge in [0.1, 0.15) is 26.2 Å². The van der Waals surface area contributed by atoms with Gasteiger partial charge in [-0.2, -0.15) is 4.68 Å². The molecule has 4 rings (SSSR count). The molecule has 1 amide bonds. The molecule has 0 aromatic carbocycles. The van der Waals surface area contributed by atoms with E-state index in [0.29, 0.717) is 30.4 Å². The fourth-order valence-electron chi connectivity index (χ4n) is 3.56. The van der Waals surface area contributed by atoms with Crippen molar-refractivity contribution in [3.63, 3.8) is 0 Å². The number of carbonyl (C=O) groups is 1. The minimum Gasteiger partial charge on any atom is -0.412 e. The zero-order chi connectivity index (χ0) is 17.9. The number of anilines is 1. The smallest absolute Gasteiger partial charge is 0.291 e. The lowest BCUT2D eigenvalue weighted by Crippen LogP contribution is -3.14. The molecule has 0 radical (unpaired) electrons. The summed E-state index contributed by atoms with van der Waals surface area (Å²) in [5, 5.41) is 4.49. The van der Waals surface area contributed by atoms with E-state index < -0.39 is 0 Å². The summed E-state index contributed by atoms with van der Waals surface area (Å²) in [6.07, 6.45) is 3.48. The number of aromatic amines is 1. The molecule has 2 N–H and O–H groups in total. The summed E-state index contributed by atoms with van der Waals surface area (Å²) in [5.41, 5.74) is 0. The number of piperazine rings is 1. The maximum Gasteiger partial charge on any atom is 0.291 e. The first-order chi connectivity index (χ1) is 12.7. The molecule has 4 heterocycles. The molecule has 138 valence electrons. The Kier molecular flexibility index (Phi) is 4.98. The molecule has 0 aliphatic carbocycles. The Hall–Kier alpha value is -2.26. The maximum absolute atomic E-state index is 11.7. The first kappa shape index (κ1) is 17.2. The lowest BCUT2D eigenvalue weighted by molar-refractivity contribution is -0.924. The van der Waals surface area contributed by atoms with Gasteiger partial charge < -0.3 is 14.2 Å². The molecule has 0 unspecified atom stereocenters. The average Bonchev–Trinajstić information content (AvgIpc) is 3.22. The molecular formula is C17H24N6O2S+2. The lowest BCUT2D eigenvalue weighted by Gasteiger charge is -2.27. The number of aromatic nitrogens is 3. The molecule has 2 saturated heterocycles. The van der Waals surface area contributed by atoms with Gasteiger partial charge in [0.25, 0.3) is 10.7 Å². The summed E-state index contributed by atoms with van der Waals surface area (Å²) in [6.45, 7) is 5.88. The van der Waals surface area contributed by atoms with Crippen LogP contribution in [-0.4, -0.2) is 53.3 Å². The Morgan fingerprint density at radius 2 is 2.12 bits per heavy atom. The molecule has 8 nitrogen and oxygen atoms in total. The van der Waals surface area contributed by atoms with Crippen molar-refractivity contribution in [1.82, 2.24) is 14.7 Å². The van der Waals surface area contributed by atoms with Crippen molar-refractivity contribution < 1.29 is 19.1 Å². The molecule has 0 atom stereocenters. The molecule has 9 heteroatoms. The van der Waals surface area contributed by atoms with E-state index in [0.717, 1.165) is 45.0 Å². The van der Waals surface area contributed by atoms with Crippen LogP contribution in [0.2, 0.25) is 0 Å². The van der Waals surface area contributed by atoms with Crippen LogP contribution in [0.15, 0.2) is 28.8 Å². The highest BCUT2D eigenvalue weighted by atomic mass is 32.1. The van der Waals surface area contributed by atoms with E-state index in [-0.39, 0.29) is 5.91 Å². The van der Waals surface area contributed by atoms with E-state index >= 15 is 0 Å². The predicted molar refractivity (Wildman–Crippen MR) is 95.9 cm³/mol. The summed E-state index contributed by atoms with van der Waals surface area (Å²) in [7, 11) is 0. The molecule has 0 bridgehead atoms. The molecule has 2 aromatic rings. The molecule has 2 aromatic heterocycles. The highest BCUT2D eigenvalue weighted by molar-refractivity contribution is 7.71. The van der Waals surface area contributed by atoms with E-state index in [1.807, 2.05) is 18.3 Å². The van der Waals surface area contributed by atoms with Gasteiger partial charge in [-0.05, 0) is 24.7 Å². The first-order valence-electron chi connectivity index (χ1n) is 9.09. The first-order valence-corrected chi connectivity index (χ1v) is 9.50. The van der Waals surface area contributed by atoms with Crippen LogP contribution in [0.5, 0.6) is 0 Å². The summed E-state index contributed by atoms with van der Waals surface area (Å²) in [6, 6.07) is 6.14. The second-order valence-electron chi connectivity index (χ2n) is 6.82. The van der Waals surface area contributed by atoms with Crippen LogP contribution in [0.3, 0.4) is 0 Å². The minimum atomic E-state index is 0.167. The van der Waals surface area contributed by atoms with Gasteiger partial charge in [-0.3, -0.25) is 9.69 Å². The normalized spacial score (nSPS) is 18.7. The topological polar surface area (TPSA) is 73.1 Å². The van der Waals surface area contributed by atoms with E-state index in [9.17, 15) is 4.79 Å². The monoisotopic (exact) mass is 376 g/mol. The predicted octanol–water partition coefficient (Wildman–Crippen LogP) is -0.495. The van der Waals surface area contributed by atoms with Gasteiger partial charge in [-0.15, -0.1) is 5.10 Å². The van der Waals surface area contributed by atoms with Gasteiger partial charge in [0.05, 0.1) is 12.7 Å². The Bertz CT molecular complexity index is 812. The summed E-state index contributed by atoms with van der Waals surface area (Å²) >= 11 is 5.31. The molecule has 2 aliphatic rings. The number of likely N-dealkylation sites (tertiary alicyclic amines) is 1. The van der Waals surface area contributed by atoms with Crippen molar-refractivity contribution in [2.75, 3.05) is 37.6 Å². The Morgan fingerprint density at radius 1 is 1.27 bits per heavy atom. The van der Waals surface area contributed by atoms with Crippen LogP contribution in [-0.2, 0) is 18.0 Å². The number of pyridine rings is 1. The third-order valence-electron chi connectivity index (χ3n) is 5.02. The molecule has 2 fully saturated rings. The number of hydrogen-bond acceptors (Lipinski definition) is 5. The fourth-order valence-corrected chi connectivity index (χ4v) is 3.76. The van der Waals surface area contributed by atoms with Gasteiger partial charge in [0.2, 0.25) is 11.8 Å². The molecule has 2 aliphatic heterocycles. The number of H-pyrrole nitrogens is 1. The van der Waals surface area contributed by atoms with Crippen molar-refractivity contribution >= 4 is 23.9 Å². The zero-order valence-electron chi connectivity index (χ0n) is 14.7. The molecular weight excluding hydrogens is 352 g/mol. The van der Waals surface area contributed by atoms with Gasteiger partial charge in [0, 0.05) is 19.0 Å². The van der Waals surface area contributed by atoms with Crippen molar-refractivity contribution in [2.45, 2.75) is 26.1 Å². The second kappa shape index (κ2) is 7.55. The van der Waals surface area contributed by atoms with Crippen molar-refractivity contribution in [3.8, 4) is 0 Å². The number of nitrogens with zero attached hydrogens (tertiary/aromatic N) is 4. The van der Waals surface area contributed by atoms with Crippen LogP contribution < -0.4 is 14.8 Å². The molecule has 26 heavy (non-hydrogen) atoms. The number of hydrogen-bond donors (Lipinski definition) is 1. The number of rotatable bonds is 5.